The largest absolute Gasteiger partial charge is 0.378 e. The van der Waals surface area contributed by atoms with E-state index in [9.17, 15) is 4.79 Å². The molecule has 0 saturated carbocycles. The van der Waals surface area contributed by atoms with Crippen LogP contribution in [0.3, 0.4) is 0 Å². The molecular formula is C17H19N7O. The van der Waals surface area contributed by atoms with Gasteiger partial charge in [-0.3, -0.25) is 9.78 Å². The molecule has 0 spiro atoms. The monoisotopic (exact) mass is 337 g/mol. The van der Waals surface area contributed by atoms with Gasteiger partial charge in [-0.25, -0.2) is 4.68 Å². The SMILES string of the molecule is O=C(c1ccc[nH]1)N1CCCn2nnc(CNc3cccnc3)c2C1. The fourth-order valence-corrected chi connectivity index (χ4v) is 2.99. The number of carbonyl (C=O) groups is 1. The average molecular weight is 337 g/mol. The lowest BCUT2D eigenvalue weighted by Crippen LogP contribution is -2.31. The Bertz CT molecular complexity index is 841. The van der Waals surface area contributed by atoms with E-state index in [0.29, 0.717) is 25.3 Å². The highest BCUT2D eigenvalue weighted by molar-refractivity contribution is 5.92. The van der Waals surface area contributed by atoms with E-state index in [1.807, 2.05) is 27.8 Å². The van der Waals surface area contributed by atoms with Crippen molar-refractivity contribution in [3.63, 3.8) is 0 Å². The summed E-state index contributed by atoms with van der Waals surface area (Å²) >= 11 is 0. The summed E-state index contributed by atoms with van der Waals surface area (Å²) in [6.45, 7) is 2.53. The quantitative estimate of drug-likeness (QED) is 0.755. The molecule has 8 heteroatoms. The predicted molar refractivity (Wildman–Crippen MR) is 91.7 cm³/mol. The first-order valence-electron chi connectivity index (χ1n) is 8.29. The van der Waals surface area contributed by atoms with Gasteiger partial charge in [0.25, 0.3) is 5.91 Å². The molecular weight excluding hydrogens is 318 g/mol. The minimum atomic E-state index is 0.00539. The number of carbonyl (C=O) groups excluding carboxylic acids is 1. The van der Waals surface area contributed by atoms with Crippen molar-refractivity contribution in [1.82, 2.24) is 29.9 Å². The Kier molecular flexibility index (Phi) is 4.16. The molecule has 4 rings (SSSR count). The van der Waals surface area contributed by atoms with Crippen LogP contribution in [-0.4, -0.2) is 42.3 Å². The van der Waals surface area contributed by atoms with Gasteiger partial charge in [0.05, 0.1) is 24.5 Å². The van der Waals surface area contributed by atoms with E-state index in [1.165, 1.54) is 0 Å². The number of pyridine rings is 1. The molecule has 128 valence electrons. The van der Waals surface area contributed by atoms with Crippen LogP contribution in [0, 0.1) is 0 Å². The molecule has 1 amide bonds. The number of H-pyrrole nitrogens is 1. The number of hydrogen-bond acceptors (Lipinski definition) is 5. The van der Waals surface area contributed by atoms with Crippen LogP contribution in [0.15, 0.2) is 42.9 Å². The van der Waals surface area contributed by atoms with Crippen LogP contribution in [0.2, 0.25) is 0 Å². The lowest BCUT2D eigenvalue weighted by molar-refractivity contribution is 0.0740. The highest BCUT2D eigenvalue weighted by Crippen LogP contribution is 2.17. The molecule has 0 aliphatic carbocycles. The Morgan fingerprint density at radius 2 is 2.24 bits per heavy atom. The number of aromatic amines is 1. The summed E-state index contributed by atoms with van der Waals surface area (Å²) in [4.78, 5) is 21.6. The molecule has 0 aromatic carbocycles. The van der Waals surface area contributed by atoms with E-state index in [2.05, 4.69) is 25.6 Å². The van der Waals surface area contributed by atoms with Gasteiger partial charge in [0.1, 0.15) is 11.4 Å². The highest BCUT2D eigenvalue weighted by atomic mass is 16.2. The van der Waals surface area contributed by atoms with Crippen LogP contribution in [0.4, 0.5) is 5.69 Å². The zero-order valence-electron chi connectivity index (χ0n) is 13.7. The standard InChI is InChI=1S/C17H19N7O/c25-17(14-5-2-7-19-14)23-8-3-9-24-16(12-23)15(21-22-24)11-20-13-4-1-6-18-10-13/h1-2,4-7,10,19-20H,3,8-9,11-12H2. The highest BCUT2D eigenvalue weighted by Gasteiger charge is 2.24. The van der Waals surface area contributed by atoms with Gasteiger partial charge >= 0.3 is 0 Å². The maximum absolute atomic E-state index is 12.7. The number of nitrogens with zero attached hydrogens (tertiary/aromatic N) is 5. The Balaban J connectivity index is 1.52. The third kappa shape index (κ3) is 3.23. The lowest BCUT2D eigenvalue weighted by Gasteiger charge is -2.19. The fraction of sp³-hybridized carbons (Fsp3) is 0.294. The van der Waals surface area contributed by atoms with Crippen LogP contribution >= 0.6 is 0 Å². The van der Waals surface area contributed by atoms with Gasteiger partial charge in [0.15, 0.2) is 0 Å². The number of nitrogens with one attached hydrogen (secondary N) is 2. The van der Waals surface area contributed by atoms with Crippen LogP contribution in [0.1, 0.15) is 28.3 Å². The maximum atomic E-state index is 12.7. The molecule has 0 fully saturated rings. The summed E-state index contributed by atoms with van der Waals surface area (Å²) in [5.41, 5.74) is 3.37. The normalized spacial score (nSPS) is 14.0. The van der Waals surface area contributed by atoms with Crippen LogP contribution in [0.5, 0.6) is 0 Å². The number of rotatable bonds is 4. The van der Waals surface area contributed by atoms with Crippen molar-refractivity contribution in [2.45, 2.75) is 26.1 Å². The summed E-state index contributed by atoms with van der Waals surface area (Å²) in [5.74, 6) is 0.00539. The first-order valence-corrected chi connectivity index (χ1v) is 8.29. The van der Waals surface area contributed by atoms with Gasteiger partial charge in [-0.05, 0) is 30.7 Å². The zero-order valence-corrected chi connectivity index (χ0v) is 13.7. The second-order valence-electron chi connectivity index (χ2n) is 5.97. The van der Waals surface area contributed by atoms with Crippen molar-refractivity contribution in [3.8, 4) is 0 Å². The van der Waals surface area contributed by atoms with E-state index in [0.717, 1.165) is 30.0 Å². The molecule has 2 N–H and O–H groups in total. The van der Waals surface area contributed by atoms with Crippen molar-refractivity contribution in [3.05, 3.63) is 59.9 Å². The van der Waals surface area contributed by atoms with Gasteiger partial charge < -0.3 is 15.2 Å². The van der Waals surface area contributed by atoms with Gasteiger partial charge in [0.2, 0.25) is 0 Å². The summed E-state index contributed by atoms with van der Waals surface area (Å²) in [7, 11) is 0. The Hall–Kier alpha value is -3.16. The van der Waals surface area contributed by atoms with Crippen LogP contribution < -0.4 is 5.32 Å². The Labute approximate surface area is 144 Å². The molecule has 4 heterocycles. The average Bonchev–Trinajstić information content (AvgIpc) is 3.26. The van der Waals surface area contributed by atoms with Crippen molar-refractivity contribution in [2.24, 2.45) is 0 Å². The number of aryl methyl sites for hydroxylation is 1. The van der Waals surface area contributed by atoms with E-state index in [-0.39, 0.29) is 5.91 Å². The van der Waals surface area contributed by atoms with Gasteiger partial charge in [-0.15, -0.1) is 5.10 Å². The van der Waals surface area contributed by atoms with Gasteiger partial charge in [-0.2, -0.15) is 0 Å². The van der Waals surface area contributed by atoms with Crippen LogP contribution in [-0.2, 0) is 19.6 Å². The first kappa shape index (κ1) is 15.4. The van der Waals surface area contributed by atoms with E-state index in [1.54, 1.807) is 24.7 Å². The van der Waals surface area contributed by atoms with Gasteiger partial charge in [0, 0.05) is 31.7 Å². The molecule has 0 saturated heterocycles. The number of fused-ring (bicyclic) bond motifs is 1. The summed E-state index contributed by atoms with van der Waals surface area (Å²) in [5, 5.41) is 11.8. The van der Waals surface area contributed by atoms with E-state index >= 15 is 0 Å². The maximum Gasteiger partial charge on any atom is 0.270 e. The summed E-state index contributed by atoms with van der Waals surface area (Å²) < 4.78 is 1.91. The van der Waals surface area contributed by atoms with Gasteiger partial charge in [-0.1, -0.05) is 5.21 Å². The molecule has 3 aromatic heterocycles. The Morgan fingerprint density at radius 3 is 3.04 bits per heavy atom. The molecule has 25 heavy (non-hydrogen) atoms. The number of aromatic nitrogens is 5. The fourth-order valence-electron chi connectivity index (χ4n) is 2.99. The van der Waals surface area contributed by atoms with E-state index < -0.39 is 0 Å². The molecule has 8 nitrogen and oxygen atoms in total. The molecule has 1 aliphatic heterocycles. The van der Waals surface area contributed by atoms with Crippen LogP contribution in [0.25, 0.3) is 0 Å². The summed E-state index contributed by atoms with van der Waals surface area (Å²) in [6.07, 6.45) is 6.13. The molecule has 0 bridgehead atoms. The zero-order chi connectivity index (χ0) is 17.1. The predicted octanol–water partition coefficient (Wildman–Crippen LogP) is 1.66. The molecule has 0 radical (unpaired) electrons. The Morgan fingerprint density at radius 1 is 1.28 bits per heavy atom. The third-order valence-electron chi connectivity index (χ3n) is 4.29. The third-order valence-corrected chi connectivity index (χ3v) is 4.29. The second kappa shape index (κ2) is 6.76. The minimum Gasteiger partial charge on any atom is -0.378 e. The molecule has 1 aliphatic rings. The van der Waals surface area contributed by atoms with Crippen molar-refractivity contribution in [2.75, 3.05) is 11.9 Å². The molecule has 0 atom stereocenters. The first-order chi connectivity index (χ1) is 12.3. The lowest BCUT2D eigenvalue weighted by atomic mass is 10.2. The minimum absolute atomic E-state index is 0.00539. The molecule has 0 unspecified atom stereocenters. The molecule has 3 aromatic rings. The van der Waals surface area contributed by atoms with E-state index in [4.69, 9.17) is 0 Å². The number of anilines is 1. The summed E-state index contributed by atoms with van der Waals surface area (Å²) in [6, 6.07) is 7.47. The van der Waals surface area contributed by atoms with Crippen molar-refractivity contribution in [1.29, 1.82) is 0 Å². The van der Waals surface area contributed by atoms with Crippen molar-refractivity contribution < 1.29 is 4.79 Å². The number of amides is 1. The smallest absolute Gasteiger partial charge is 0.270 e. The topological polar surface area (TPSA) is 91.7 Å². The van der Waals surface area contributed by atoms with Crippen molar-refractivity contribution >= 4 is 11.6 Å². The second-order valence-corrected chi connectivity index (χ2v) is 5.97. The number of hydrogen-bond donors (Lipinski definition) is 2.